The Bertz CT molecular complexity index is 1140. The minimum absolute atomic E-state index is 0.159. The number of amides is 1. The highest BCUT2D eigenvalue weighted by molar-refractivity contribution is 9.10. The first kappa shape index (κ1) is 18.3. The molecule has 0 aliphatic heterocycles. The molecule has 1 amide bonds. The van der Waals surface area contributed by atoms with Crippen LogP contribution in [-0.2, 0) is 11.2 Å². The number of rotatable bonds is 5. The number of benzene rings is 2. The molecule has 28 heavy (non-hydrogen) atoms. The molecule has 0 atom stereocenters. The first-order chi connectivity index (χ1) is 13.6. The van der Waals surface area contributed by atoms with Crippen molar-refractivity contribution in [2.45, 2.75) is 12.8 Å². The third kappa shape index (κ3) is 3.80. The van der Waals surface area contributed by atoms with Gasteiger partial charge >= 0.3 is 0 Å². The number of hydrogen-bond acceptors (Lipinski definition) is 3. The van der Waals surface area contributed by atoms with Crippen molar-refractivity contribution in [2.24, 2.45) is 0 Å². The fourth-order valence-corrected chi connectivity index (χ4v) is 3.34. The molecule has 0 spiro atoms. The van der Waals surface area contributed by atoms with Gasteiger partial charge in [-0.1, -0.05) is 34.1 Å². The molecule has 2 heterocycles. The van der Waals surface area contributed by atoms with Gasteiger partial charge in [-0.2, -0.15) is 0 Å². The molecule has 2 aromatic carbocycles. The van der Waals surface area contributed by atoms with Gasteiger partial charge in [-0.25, -0.2) is 14.4 Å². The van der Waals surface area contributed by atoms with Crippen LogP contribution in [0.4, 0.5) is 10.1 Å². The number of pyridine rings is 1. The molecule has 0 saturated carbocycles. The van der Waals surface area contributed by atoms with Gasteiger partial charge in [-0.15, -0.1) is 0 Å². The Morgan fingerprint density at radius 3 is 2.71 bits per heavy atom. The van der Waals surface area contributed by atoms with Gasteiger partial charge in [0.05, 0.1) is 5.69 Å². The van der Waals surface area contributed by atoms with Crippen molar-refractivity contribution in [3.63, 3.8) is 0 Å². The first-order valence-electron chi connectivity index (χ1n) is 8.74. The number of carbonyl (C=O) groups is 1. The average molecular weight is 439 g/mol. The van der Waals surface area contributed by atoms with Crippen molar-refractivity contribution in [3.05, 3.63) is 83.0 Å². The number of nitrogens with one attached hydrogen (secondary N) is 1. The summed E-state index contributed by atoms with van der Waals surface area (Å²) < 4.78 is 16.5. The van der Waals surface area contributed by atoms with Crippen molar-refractivity contribution >= 4 is 38.7 Å². The topological polar surface area (TPSA) is 59.8 Å². The van der Waals surface area contributed by atoms with E-state index in [9.17, 15) is 9.18 Å². The van der Waals surface area contributed by atoms with Gasteiger partial charge in [0.25, 0.3) is 0 Å². The molecule has 0 aliphatic rings. The highest BCUT2D eigenvalue weighted by Gasteiger charge is 2.15. The summed E-state index contributed by atoms with van der Waals surface area (Å²) in [4.78, 5) is 21.4. The molecule has 0 unspecified atom stereocenters. The molecular weight excluding hydrogens is 423 g/mol. The number of nitrogens with zero attached hydrogens (tertiary/aromatic N) is 3. The van der Waals surface area contributed by atoms with Gasteiger partial charge < -0.3 is 5.32 Å². The Morgan fingerprint density at radius 1 is 1.11 bits per heavy atom. The van der Waals surface area contributed by atoms with Crippen LogP contribution in [-0.4, -0.2) is 20.4 Å². The van der Waals surface area contributed by atoms with Crippen LogP contribution >= 0.6 is 15.9 Å². The van der Waals surface area contributed by atoms with E-state index in [4.69, 9.17) is 0 Å². The number of anilines is 1. The standard InChI is InChI=1S/C21H16BrFN4O/c22-14-8-9-17(16(23)13-14)26-20(28)11-10-19-25-18-7-4-12-24-21(18)27(19)15-5-2-1-3-6-15/h1-9,12-13H,10-11H2,(H,26,28). The number of hydrogen-bond donors (Lipinski definition) is 1. The second-order valence-corrected chi connectivity index (χ2v) is 7.13. The molecule has 140 valence electrons. The van der Waals surface area contributed by atoms with Gasteiger partial charge in [0.15, 0.2) is 5.65 Å². The van der Waals surface area contributed by atoms with Gasteiger partial charge in [-0.3, -0.25) is 9.36 Å². The van der Waals surface area contributed by atoms with Crippen LogP contribution in [0.5, 0.6) is 0 Å². The van der Waals surface area contributed by atoms with Crippen LogP contribution in [0.15, 0.2) is 71.3 Å². The SMILES string of the molecule is O=C(CCc1nc2cccnc2n1-c1ccccc1)Nc1ccc(Br)cc1F. The third-order valence-electron chi connectivity index (χ3n) is 4.28. The minimum Gasteiger partial charge on any atom is -0.324 e. The number of fused-ring (bicyclic) bond motifs is 1. The van der Waals surface area contributed by atoms with Crippen LogP contribution in [0.1, 0.15) is 12.2 Å². The van der Waals surface area contributed by atoms with E-state index < -0.39 is 5.82 Å². The predicted octanol–water partition coefficient (Wildman–Crippen LogP) is 4.89. The zero-order valence-electron chi connectivity index (χ0n) is 14.8. The lowest BCUT2D eigenvalue weighted by atomic mass is 10.2. The predicted molar refractivity (Wildman–Crippen MR) is 110 cm³/mol. The third-order valence-corrected chi connectivity index (χ3v) is 4.77. The maximum Gasteiger partial charge on any atom is 0.224 e. The summed E-state index contributed by atoms with van der Waals surface area (Å²) in [6.07, 6.45) is 2.29. The number of halogens is 2. The molecule has 4 aromatic rings. The first-order valence-corrected chi connectivity index (χ1v) is 9.54. The number of aromatic nitrogens is 3. The largest absolute Gasteiger partial charge is 0.324 e. The van der Waals surface area contributed by atoms with Crippen molar-refractivity contribution < 1.29 is 9.18 Å². The van der Waals surface area contributed by atoms with Crippen molar-refractivity contribution in [3.8, 4) is 5.69 Å². The van der Waals surface area contributed by atoms with Gasteiger partial charge in [0.2, 0.25) is 5.91 Å². The normalized spacial score (nSPS) is 10.9. The lowest BCUT2D eigenvalue weighted by Gasteiger charge is -2.09. The van der Waals surface area contributed by atoms with Crippen LogP contribution < -0.4 is 5.32 Å². The van der Waals surface area contributed by atoms with E-state index in [2.05, 4.69) is 31.2 Å². The fraction of sp³-hybridized carbons (Fsp3) is 0.0952. The molecule has 0 fully saturated rings. The van der Waals surface area contributed by atoms with Crippen LogP contribution in [0.25, 0.3) is 16.9 Å². The van der Waals surface area contributed by atoms with E-state index in [0.29, 0.717) is 10.9 Å². The second kappa shape index (κ2) is 7.90. The van der Waals surface area contributed by atoms with Crippen molar-refractivity contribution in [1.82, 2.24) is 14.5 Å². The lowest BCUT2D eigenvalue weighted by Crippen LogP contribution is -2.14. The molecule has 2 aromatic heterocycles. The Kier molecular flexibility index (Phi) is 5.16. The molecule has 4 rings (SSSR count). The Morgan fingerprint density at radius 2 is 1.93 bits per heavy atom. The quantitative estimate of drug-likeness (QED) is 0.482. The molecule has 1 N–H and O–H groups in total. The maximum atomic E-state index is 13.9. The van der Waals surface area contributed by atoms with E-state index in [0.717, 1.165) is 22.7 Å². The molecule has 5 nitrogen and oxygen atoms in total. The van der Waals surface area contributed by atoms with Gasteiger partial charge in [0.1, 0.15) is 17.2 Å². The number of para-hydroxylation sites is 1. The number of imidazole rings is 1. The summed E-state index contributed by atoms with van der Waals surface area (Å²) in [5, 5.41) is 2.61. The molecule has 0 bridgehead atoms. The molecule has 0 aliphatic carbocycles. The Balaban J connectivity index is 1.57. The van der Waals surface area contributed by atoms with E-state index in [-0.39, 0.29) is 18.0 Å². The molecular formula is C21H16BrFN4O. The van der Waals surface area contributed by atoms with Crippen LogP contribution in [0.2, 0.25) is 0 Å². The second-order valence-electron chi connectivity index (χ2n) is 6.22. The Labute approximate surface area is 169 Å². The molecule has 7 heteroatoms. The number of aryl methyl sites for hydroxylation is 1. The minimum atomic E-state index is -0.483. The summed E-state index contributed by atoms with van der Waals surface area (Å²) in [6, 6.07) is 18.0. The zero-order chi connectivity index (χ0) is 19.5. The lowest BCUT2D eigenvalue weighted by molar-refractivity contribution is -0.116. The highest BCUT2D eigenvalue weighted by Crippen LogP contribution is 2.22. The Hall–Kier alpha value is -3.06. The van der Waals surface area contributed by atoms with Crippen molar-refractivity contribution in [1.29, 1.82) is 0 Å². The summed E-state index contributed by atoms with van der Waals surface area (Å²) in [7, 11) is 0. The van der Waals surface area contributed by atoms with Gasteiger partial charge in [-0.05, 0) is 42.5 Å². The van der Waals surface area contributed by atoms with E-state index >= 15 is 0 Å². The zero-order valence-corrected chi connectivity index (χ0v) is 16.4. The summed E-state index contributed by atoms with van der Waals surface area (Å²) in [5.41, 5.74) is 2.59. The average Bonchev–Trinajstić information content (AvgIpc) is 3.07. The monoisotopic (exact) mass is 438 g/mol. The summed E-state index contributed by atoms with van der Waals surface area (Å²) in [5.74, 6) is -0.0318. The summed E-state index contributed by atoms with van der Waals surface area (Å²) in [6.45, 7) is 0. The summed E-state index contributed by atoms with van der Waals surface area (Å²) >= 11 is 3.20. The molecule has 0 saturated heterocycles. The molecule has 0 radical (unpaired) electrons. The van der Waals surface area contributed by atoms with E-state index in [1.165, 1.54) is 12.1 Å². The number of carbonyl (C=O) groups excluding carboxylic acids is 1. The maximum absolute atomic E-state index is 13.9. The van der Waals surface area contributed by atoms with Gasteiger partial charge in [0, 0.05) is 29.2 Å². The van der Waals surface area contributed by atoms with Crippen LogP contribution in [0, 0.1) is 5.82 Å². The smallest absolute Gasteiger partial charge is 0.224 e. The van der Waals surface area contributed by atoms with Crippen LogP contribution in [0.3, 0.4) is 0 Å². The fourth-order valence-electron chi connectivity index (χ4n) is 3.00. The van der Waals surface area contributed by atoms with E-state index in [1.807, 2.05) is 47.0 Å². The highest BCUT2D eigenvalue weighted by atomic mass is 79.9. The van der Waals surface area contributed by atoms with E-state index in [1.54, 1.807) is 12.3 Å². The van der Waals surface area contributed by atoms with Crippen molar-refractivity contribution in [2.75, 3.05) is 5.32 Å².